The lowest BCUT2D eigenvalue weighted by Gasteiger charge is -2.34. The Morgan fingerprint density at radius 3 is 2.37 bits per heavy atom. The first-order chi connectivity index (χ1) is 17.0. The third kappa shape index (κ3) is 5.92. The van der Waals surface area contributed by atoms with Crippen molar-refractivity contribution >= 4 is 34.5 Å². The molecule has 1 aliphatic rings. The monoisotopic (exact) mass is 495 g/mol. The summed E-state index contributed by atoms with van der Waals surface area (Å²) in [5, 5.41) is 1.38. The van der Waals surface area contributed by atoms with E-state index in [0.29, 0.717) is 62.1 Å². The van der Waals surface area contributed by atoms with E-state index in [9.17, 15) is 9.59 Å². The van der Waals surface area contributed by atoms with Crippen LogP contribution in [0.3, 0.4) is 0 Å². The highest BCUT2D eigenvalue weighted by Gasteiger charge is 2.26. The van der Waals surface area contributed by atoms with E-state index >= 15 is 0 Å². The number of aromatic nitrogens is 1. The quantitative estimate of drug-likeness (QED) is 0.439. The predicted octanol–water partition coefficient (Wildman–Crippen LogP) is 5.40. The highest BCUT2D eigenvalue weighted by atomic mass is 35.5. The van der Waals surface area contributed by atoms with Gasteiger partial charge >= 0.3 is 6.09 Å². The van der Waals surface area contributed by atoms with E-state index in [0.717, 1.165) is 28.6 Å². The molecule has 0 unspecified atom stereocenters. The molecule has 1 aromatic heterocycles. The van der Waals surface area contributed by atoms with Gasteiger partial charge in [0.2, 0.25) is 0 Å². The Hall–Kier alpha value is -3.16. The summed E-state index contributed by atoms with van der Waals surface area (Å²) >= 11 is 6.57. The van der Waals surface area contributed by atoms with Crippen molar-refractivity contribution in [2.75, 3.05) is 39.4 Å². The predicted molar refractivity (Wildman–Crippen MR) is 137 cm³/mol. The van der Waals surface area contributed by atoms with Crippen molar-refractivity contribution in [1.82, 2.24) is 14.8 Å². The first-order valence-corrected chi connectivity index (χ1v) is 12.4. The largest absolute Gasteiger partial charge is 0.449 e. The Morgan fingerprint density at radius 2 is 1.69 bits per heavy atom. The maximum atomic E-state index is 13.2. The summed E-state index contributed by atoms with van der Waals surface area (Å²) in [6.45, 7) is 7.40. The average molecular weight is 496 g/mol. The van der Waals surface area contributed by atoms with Crippen LogP contribution < -0.4 is 0 Å². The van der Waals surface area contributed by atoms with Gasteiger partial charge in [-0.25, -0.2) is 9.78 Å². The standard InChI is InChI=1S/C27H30ClN3O4/c1-3-15-35-27(33)31-13-11-30(12-14-31)26(32)21-9-10-22-23(28)17-24(29-25(22)16-21)20-7-5-19(6-8-20)18-34-4-2/h5-10,16-17H,3-4,11-15,18H2,1-2H3. The van der Waals surface area contributed by atoms with Gasteiger partial charge in [-0.3, -0.25) is 4.79 Å². The molecular weight excluding hydrogens is 466 g/mol. The van der Waals surface area contributed by atoms with Crippen molar-refractivity contribution < 1.29 is 19.1 Å². The first kappa shape index (κ1) is 24.9. The summed E-state index contributed by atoms with van der Waals surface area (Å²) < 4.78 is 10.7. The third-order valence-electron chi connectivity index (χ3n) is 5.98. The number of carbonyl (C=O) groups excluding carboxylic acids is 2. The van der Waals surface area contributed by atoms with Crippen molar-refractivity contribution in [3.63, 3.8) is 0 Å². The maximum absolute atomic E-state index is 13.2. The van der Waals surface area contributed by atoms with Gasteiger partial charge in [0.25, 0.3) is 5.91 Å². The fourth-order valence-electron chi connectivity index (χ4n) is 4.01. The molecule has 8 heteroatoms. The van der Waals surface area contributed by atoms with Crippen molar-refractivity contribution in [2.24, 2.45) is 0 Å². The highest BCUT2D eigenvalue weighted by molar-refractivity contribution is 6.35. The highest BCUT2D eigenvalue weighted by Crippen LogP contribution is 2.29. The number of fused-ring (bicyclic) bond motifs is 1. The Balaban J connectivity index is 1.50. The van der Waals surface area contributed by atoms with E-state index in [1.807, 2.05) is 50.2 Å². The smallest absolute Gasteiger partial charge is 0.409 e. The number of rotatable bonds is 7. The lowest BCUT2D eigenvalue weighted by molar-refractivity contribution is 0.0560. The van der Waals surface area contributed by atoms with Crippen LogP contribution in [-0.4, -0.2) is 66.2 Å². The van der Waals surface area contributed by atoms with Gasteiger partial charge in [0.05, 0.1) is 29.4 Å². The second kappa shape index (κ2) is 11.5. The second-order valence-electron chi connectivity index (χ2n) is 8.45. The molecule has 35 heavy (non-hydrogen) atoms. The minimum atomic E-state index is -0.318. The molecule has 1 saturated heterocycles. The number of halogens is 1. The molecular formula is C27H30ClN3O4. The van der Waals surface area contributed by atoms with Crippen LogP contribution in [0, 0.1) is 0 Å². The van der Waals surface area contributed by atoms with Gasteiger partial charge in [-0.2, -0.15) is 0 Å². The fourth-order valence-corrected chi connectivity index (χ4v) is 4.28. The summed E-state index contributed by atoms with van der Waals surface area (Å²) in [6, 6.07) is 15.3. The van der Waals surface area contributed by atoms with Crippen molar-refractivity contribution in [2.45, 2.75) is 26.9 Å². The van der Waals surface area contributed by atoms with Crippen LogP contribution in [-0.2, 0) is 16.1 Å². The molecule has 2 aromatic carbocycles. The Kier molecular flexibility index (Phi) is 8.21. The van der Waals surface area contributed by atoms with Crippen LogP contribution >= 0.6 is 11.6 Å². The van der Waals surface area contributed by atoms with Gasteiger partial charge in [-0.15, -0.1) is 0 Å². The summed E-state index contributed by atoms with van der Waals surface area (Å²) in [7, 11) is 0. The van der Waals surface area contributed by atoms with Gasteiger partial charge in [0.1, 0.15) is 0 Å². The number of hydrogen-bond acceptors (Lipinski definition) is 5. The lowest BCUT2D eigenvalue weighted by atomic mass is 10.1. The molecule has 2 heterocycles. The SMILES string of the molecule is CCCOC(=O)N1CCN(C(=O)c2ccc3c(Cl)cc(-c4ccc(COCC)cc4)nc3c2)CC1. The van der Waals surface area contributed by atoms with Gasteiger partial charge in [0.15, 0.2) is 0 Å². The second-order valence-corrected chi connectivity index (χ2v) is 8.86. The molecule has 7 nitrogen and oxygen atoms in total. The topological polar surface area (TPSA) is 72.0 Å². The van der Waals surface area contributed by atoms with Crippen molar-refractivity contribution in [3.05, 3.63) is 64.7 Å². The number of nitrogens with zero attached hydrogens (tertiary/aromatic N) is 3. The summed E-state index contributed by atoms with van der Waals surface area (Å²) in [4.78, 5) is 33.4. The summed E-state index contributed by atoms with van der Waals surface area (Å²) in [5.74, 6) is -0.0860. The Bertz CT molecular complexity index is 1190. The number of benzene rings is 2. The lowest BCUT2D eigenvalue weighted by Crippen LogP contribution is -2.50. The van der Waals surface area contributed by atoms with Crippen molar-refractivity contribution in [3.8, 4) is 11.3 Å². The van der Waals surface area contributed by atoms with Gasteiger partial charge in [-0.05, 0) is 37.1 Å². The number of piperazine rings is 1. The van der Waals surface area contributed by atoms with Crippen LogP contribution in [0.2, 0.25) is 5.02 Å². The zero-order valence-corrected chi connectivity index (χ0v) is 20.9. The molecule has 2 amide bonds. The molecule has 184 valence electrons. The van der Waals surface area contributed by atoms with E-state index in [4.69, 9.17) is 26.1 Å². The van der Waals surface area contributed by atoms with Crippen LogP contribution in [0.4, 0.5) is 4.79 Å². The Labute approximate surface area is 210 Å². The number of amides is 2. The Morgan fingerprint density at radius 1 is 0.971 bits per heavy atom. The molecule has 0 N–H and O–H groups in total. The summed E-state index contributed by atoms with van der Waals surface area (Å²) in [5.41, 5.74) is 3.99. The van der Waals surface area contributed by atoms with E-state index in [1.165, 1.54) is 0 Å². The zero-order valence-electron chi connectivity index (χ0n) is 20.1. The van der Waals surface area contributed by atoms with E-state index in [1.54, 1.807) is 21.9 Å². The van der Waals surface area contributed by atoms with Crippen LogP contribution in [0.25, 0.3) is 22.2 Å². The van der Waals surface area contributed by atoms with Gasteiger partial charge in [0, 0.05) is 49.3 Å². The molecule has 0 aliphatic carbocycles. The molecule has 1 aliphatic heterocycles. The maximum Gasteiger partial charge on any atom is 0.409 e. The minimum absolute atomic E-state index is 0.0860. The average Bonchev–Trinajstić information content (AvgIpc) is 2.90. The van der Waals surface area contributed by atoms with E-state index < -0.39 is 0 Å². The molecule has 0 atom stereocenters. The normalized spacial score (nSPS) is 13.8. The molecule has 0 saturated carbocycles. The fraction of sp³-hybridized carbons (Fsp3) is 0.370. The molecule has 0 radical (unpaired) electrons. The molecule has 0 spiro atoms. The minimum Gasteiger partial charge on any atom is -0.449 e. The molecule has 3 aromatic rings. The molecule has 1 fully saturated rings. The van der Waals surface area contributed by atoms with Crippen LogP contribution in [0.5, 0.6) is 0 Å². The van der Waals surface area contributed by atoms with Crippen molar-refractivity contribution in [1.29, 1.82) is 0 Å². The number of ether oxygens (including phenoxy) is 2. The third-order valence-corrected chi connectivity index (χ3v) is 6.30. The van der Waals surface area contributed by atoms with E-state index in [2.05, 4.69) is 0 Å². The zero-order chi connectivity index (χ0) is 24.8. The van der Waals surface area contributed by atoms with Gasteiger partial charge < -0.3 is 19.3 Å². The number of hydrogen-bond donors (Lipinski definition) is 0. The molecule has 4 rings (SSSR count). The first-order valence-electron chi connectivity index (χ1n) is 12.0. The van der Waals surface area contributed by atoms with Crippen LogP contribution in [0.15, 0.2) is 48.5 Å². The van der Waals surface area contributed by atoms with Gasteiger partial charge in [-0.1, -0.05) is 48.9 Å². The summed E-state index contributed by atoms with van der Waals surface area (Å²) in [6.07, 6.45) is 0.465. The molecule has 0 bridgehead atoms. The number of carbonyl (C=O) groups is 2. The number of pyridine rings is 1. The van der Waals surface area contributed by atoms with Crippen LogP contribution in [0.1, 0.15) is 36.2 Å². The van der Waals surface area contributed by atoms with E-state index in [-0.39, 0.29) is 12.0 Å².